The van der Waals surface area contributed by atoms with Crippen molar-refractivity contribution in [2.45, 2.75) is 32.6 Å². The van der Waals surface area contributed by atoms with Gasteiger partial charge in [0.2, 0.25) is 0 Å². The summed E-state index contributed by atoms with van der Waals surface area (Å²) >= 11 is 0. The summed E-state index contributed by atoms with van der Waals surface area (Å²) < 4.78 is 22.8. The van der Waals surface area contributed by atoms with Crippen molar-refractivity contribution >= 4 is 23.1 Å². The highest BCUT2D eigenvalue weighted by molar-refractivity contribution is 7.91. The van der Waals surface area contributed by atoms with Crippen molar-refractivity contribution in [2.75, 3.05) is 18.1 Å². The standard InChI is InChI=1S/C15H25NO2SSi/c1-20(2,3)15-6-4-13(5-7-15)10-16-11-14-8-9-19(17,18)12-14/h4-7,14,16H,8-12H2,1-3H3. The summed E-state index contributed by atoms with van der Waals surface area (Å²) in [6.07, 6.45) is 0.809. The Hall–Kier alpha value is -0.653. The fourth-order valence-electron chi connectivity index (χ4n) is 2.58. The minimum absolute atomic E-state index is 0.293. The molecule has 2 rings (SSSR count). The molecule has 1 saturated heterocycles. The zero-order valence-corrected chi connectivity index (χ0v) is 14.5. The second kappa shape index (κ2) is 5.99. The van der Waals surface area contributed by atoms with E-state index in [0.29, 0.717) is 17.4 Å². The third kappa shape index (κ3) is 4.43. The van der Waals surface area contributed by atoms with Gasteiger partial charge in [-0.05, 0) is 24.4 Å². The monoisotopic (exact) mass is 311 g/mol. The molecule has 0 radical (unpaired) electrons. The first-order chi connectivity index (χ1) is 9.26. The highest BCUT2D eigenvalue weighted by atomic mass is 32.2. The van der Waals surface area contributed by atoms with Crippen LogP contribution in [-0.4, -0.2) is 34.5 Å². The van der Waals surface area contributed by atoms with Gasteiger partial charge in [0, 0.05) is 6.54 Å². The van der Waals surface area contributed by atoms with Gasteiger partial charge in [0.05, 0.1) is 19.6 Å². The van der Waals surface area contributed by atoms with Gasteiger partial charge in [0.25, 0.3) is 0 Å². The molecule has 1 fully saturated rings. The molecule has 1 unspecified atom stereocenters. The maximum Gasteiger partial charge on any atom is 0.150 e. The van der Waals surface area contributed by atoms with E-state index in [9.17, 15) is 8.42 Å². The predicted molar refractivity (Wildman–Crippen MR) is 87.9 cm³/mol. The molecule has 1 atom stereocenters. The summed E-state index contributed by atoms with van der Waals surface area (Å²) in [4.78, 5) is 0. The smallest absolute Gasteiger partial charge is 0.150 e. The van der Waals surface area contributed by atoms with Crippen molar-refractivity contribution < 1.29 is 8.42 Å². The van der Waals surface area contributed by atoms with Gasteiger partial charge in [-0.1, -0.05) is 49.1 Å². The van der Waals surface area contributed by atoms with E-state index in [-0.39, 0.29) is 0 Å². The number of nitrogens with one attached hydrogen (secondary N) is 1. The topological polar surface area (TPSA) is 46.2 Å². The summed E-state index contributed by atoms with van der Waals surface area (Å²) in [6.45, 7) is 8.67. The lowest BCUT2D eigenvalue weighted by atomic mass is 10.1. The lowest BCUT2D eigenvalue weighted by Gasteiger charge is -2.17. The molecule has 1 aliphatic heterocycles. The van der Waals surface area contributed by atoms with Gasteiger partial charge >= 0.3 is 0 Å². The number of rotatable bonds is 5. The second-order valence-electron chi connectivity index (χ2n) is 6.85. The van der Waals surface area contributed by atoms with Crippen molar-refractivity contribution in [3.63, 3.8) is 0 Å². The zero-order chi connectivity index (χ0) is 14.8. The van der Waals surface area contributed by atoms with Crippen LogP contribution in [0.3, 0.4) is 0 Å². The van der Waals surface area contributed by atoms with Crippen LogP contribution in [0.15, 0.2) is 24.3 Å². The van der Waals surface area contributed by atoms with Crippen LogP contribution < -0.4 is 10.5 Å². The van der Waals surface area contributed by atoms with Crippen LogP contribution in [0.2, 0.25) is 19.6 Å². The van der Waals surface area contributed by atoms with E-state index in [4.69, 9.17) is 0 Å². The Morgan fingerprint density at radius 2 is 1.85 bits per heavy atom. The first-order valence-corrected chi connectivity index (χ1v) is 12.6. The van der Waals surface area contributed by atoms with Crippen LogP contribution in [0, 0.1) is 5.92 Å². The highest BCUT2D eigenvalue weighted by Gasteiger charge is 2.27. The van der Waals surface area contributed by atoms with Gasteiger partial charge in [0.1, 0.15) is 0 Å². The van der Waals surface area contributed by atoms with Gasteiger partial charge in [-0.2, -0.15) is 0 Å². The fraction of sp³-hybridized carbons (Fsp3) is 0.600. The number of sulfone groups is 1. The molecule has 3 nitrogen and oxygen atoms in total. The predicted octanol–water partition coefficient (Wildman–Crippen LogP) is 1.76. The van der Waals surface area contributed by atoms with Gasteiger partial charge in [-0.3, -0.25) is 0 Å². The Balaban J connectivity index is 1.80. The van der Waals surface area contributed by atoms with E-state index in [1.807, 2.05) is 0 Å². The summed E-state index contributed by atoms with van der Waals surface area (Å²) in [6, 6.07) is 8.85. The van der Waals surface area contributed by atoms with Gasteiger partial charge in [-0.15, -0.1) is 0 Å². The number of hydrogen-bond acceptors (Lipinski definition) is 3. The Bertz CT molecular complexity index is 546. The normalized spacial score (nSPS) is 22.1. The van der Waals surface area contributed by atoms with E-state index in [0.717, 1.165) is 19.5 Å². The molecule has 1 aromatic carbocycles. The van der Waals surface area contributed by atoms with Crippen molar-refractivity contribution in [3.05, 3.63) is 29.8 Å². The molecule has 1 aliphatic rings. The first-order valence-electron chi connectivity index (χ1n) is 7.27. The number of benzene rings is 1. The Morgan fingerprint density at radius 3 is 2.35 bits per heavy atom. The molecule has 1 N–H and O–H groups in total. The van der Waals surface area contributed by atoms with E-state index in [2.05, 4.69) is 49.2 Å². The largest absolute Gasteiger partial charge is 0.312 e. The molecule has 1 aromatic rings. The lowest BCUT2D eigenvalue weighted by Crippen LogP contribution is -2.37. The Labute approximate surface area is 123 Å². The molecule has 0 aliphatic carbocycles. The molecular weight excluding hydrogens is 286 g/mol. The molecule has 0 aromatic heterocycles. The minimum Gasteiger partial charge on any atom is -0.312 e. The summed E-state index contributed by atoms with van der Waals surface area (Å²) in [7, 11) is -3.96. The van der Waals surface area contributed by atoms with Gasteiger partial charge < -0.3 is 5.32 Å². The second-order valence-corrected chi connectivity index (χ2v) is 14.2. The third-order valence-corrected chi connectivity index (χ3v) is 7.81. The number of hydrogen-bond donors (Lipinski definition) is 1. The molecule has 112 valence electrons. The Morgan fingerprint density at radius 1 is 1.20 bits per heavy atom. The van der Waals surface area contributed by atoms with E-state index >= 15 is 0 Å². The van der Waals surface area contributed by atoms with Crippen molar-refractivity contribution in [3.8, 4) is 0 Å². The van der Waals surface area contributed by atoms with E-state index in [1.54, 1.807) is 0 Å². The summed E-state index contributed by atoms with van der Waals surface area (Å²) in [5, 5.41) is 4.86. The summed E-state index contributed by atoms with van der Waals surface area (Å²) in [5.74, 6) is 1.01. The van der Waals surface area contributed by atoms with Crippen LogP contribution in [0.25, 0.3) is 0 Å². The van der Waals surface area contributed by atoms with Crippen LogP contribution in [0.4, 0.5) is 0 Å². The molecule has 5 heteroatoms. The zero-order valence-electron chi connectivity index (χ0n) is 12.6. The minimum atomic E-state index is -2.75. The molecule has 0 spiro atoms. The highest BCUT2D eigenvalue weighted by Crippen LogP contribution is 2.17. The Kier molecular flexibility index (Phi) is 4.72. The van der Waals surface area contributed by atoms with Crippen molar-refractivity contribution in [2.24, 2.45) is 5.92 Å². The van der Waals surface area contributed by atoms with Crippen LogP contribution in [-0.2, 0) is 16.4 Å². The SMILES string of the molecule is C[Si](C)(C)c1ccc(CNCC2CCS(=O)(=O)C2)cc1. The molecule has 1 heterocycles. The van der Waals surface area contributed by atoms with E-state index < -0.39 is 17.9 Å². The summed E-state index contributed by atoms with van der Waals surface area (Å²) in [5.41, 5.74) is 1.27. The average Bonchev–Trinajstić information content (AvgIpc) is 2.68. The van der Waals surface area contributed by atoms with Crippen LogP contribution >= 0.6 is 0 Å². The molecule has 0 amide bonds. The van der Waals surface area contributed by atoms with Crippen molar-refractivity contribution in [1.29, 1.82) is 0 Å². The molecule has 0 bridgehead atoms. The third-order valence-electron chi connectivity index (χ3n) is 3.91. The first kappa shape index (κ1) is 15.7. The molecule has 0 saturated carbocycles. The van der Waals surface area contributed by atoms with Crippen molar-refractivity contribution in [1.82, 2.24) is 5.32 Å². The van der Waals surface area contributed by atoms with Crippen LogP contribution in [0.1, 0.15) is 12.0 Å². The maximum atomic E-state index is 11.4. The van der Waals surface area contributed by atoms with E-state index in [1.165, 1.54) is 10.8 Å². The quantitative estimate of drug-likeness (QED) is 0.843. The molecule has 20 heavy (non-hydrogen) atoms. The van der Waals surface area contributed by atoms with Crippen LogP contribution in [0.5, 0.6) is 0 Å². The maximum absolute atomic E-state index is 11.4. The van der Waals surface area contributed by atoms with Gasteiger partial charge in [-0.25, -0.2) is 8.42 Å². The molecular formula is C15H25NO2SSi. The van der Waals surface area contributed by atoms with Gasteiger partial charge in [0.15, 0.2) is 9.84 Å². The lowest BCUT2D eigenvalue weighted by molar-refractivity contribution is 0.521. The average molecular weight is 312 g/mol. The fourth-order valence-corrected chi connectivity index (χ4v) is 5.60.